The van der Waals surface area contributed by atoms with Gasteiger partial charge in [0.05, 0.1) is 0 Å². The van der Waals surface area contributed by atoms with E-state index >= 15 is 0 Å². The summed E-state index contributed by atoms with van der Waals surface area (Å²) in [5, 5.41) is 0. The fourth-order valence-corrected chi connectivity index (χ4v) is 2.63. The number of ether oxygens (including phenoxy) is 1. The normalized spacial score (nSPS) is 26.5. The Kier molecular flexibility index (Phi) is 3.66. The van der Waals surface area contributed by atoms with E-state index in [1.54, 1.807) is 6.92 Å². The topological polar surface area (TPSA) is 49.9 Å². The molecule has 1 amide bonds. The van der Waals surface area contributed by atoms with Crippen LogP contribution >= 0.6 is 0 Å². The summed E-state index contributed by atoms with van der Waals surface area (Å²) in [6.07, 6.45) is 2.88. The molecule has 1 unspecified atom stereocenters. The van der Waals surface area contributed by atoms with Gasteiger partial charge < -0.3 is 9.64 Å². The van der Waals surface area contributed by atoms with Crippen LogP contribution in [-0.4, -0.2) is 53.6 Å². The van der Waals surface area contributed by atoms with Gasteiger partial charge >= 0.3 is 5.97 Å². The molecule has 0 aromatic rings. The smallest absolute Gasteiger partial charge is 0.304 e. The molecule has 0 N–H and O–H groups in total. The van der Waals surface area contributed by atoms with E-state index in [2.05, 4.69) is 4.90 Å². The first-order valence-corrected chi connectivity index (χ1v) is 6.26. The molecule has 2 aliphatic heterocycles. The van der Waals surface area contributed by atoms with Crippen LogP contribution in [0.25, 0.3) is 0 Å². The van der Waals surface area contributed by atoms with Crippen molar-refractivity contribution in [2.75, 3.05) is 19.6 Å². The summed E-state index contributed by atoms with van der Waals surface area (Å²) in [4.78, 5) is 26.3. The van der Waals surface area contributed by atoms with Crippen molar-refractivity contribution in [3.05, 3.63) is 0 Å². The lowest BCUT2D eigenvalue weighted by atomic mass is 9.98. The van der Waals surface area contributed by atoms with Crippen LogP contribution < -0.4 is 0 Å². The molecule has 2 saturated heterocycles. The van der Waals surface area contributed by atoms with E-state index in [1.165, 1.54) is 6.92 Å². The van der Waals surface area contributed by atoms with Crippen molar-refractivity contribution in [1.82, 2.24) is 9.80 Å². The van der Waals surface area contributed by atoms with Crippen LogP contribution in [0.1, 0.15) is 33.1 Å². The van der Waals surface area contributed by atoms with Gasteiger partial charge in [0, 0.05) is 45.9 Å². The number of esters is 1. The lowest BCUT2D eigenvalue weighted by Gasteiger charge is -2.47. The highest BCUT2D eigenvalue weighted by Crippen LogP contribution is 2.27. The number of likely N-dealkylation sites (tertiary alicyclic amines) is 2. The van der Waals surface area contributed by atoms with E-state index in [9.17, 15) is 9.59 Å². The SMILES string of the molecule is CC(=O)OC1CCN1C1CCN(C(C)=O)CC1. The van der Waals surface area contributed by atoms with Crippen LogP contribution in [0.4, 0.5) is 0 Å². The Labute approximate surface area is 102 Å². The highest BCUT2D eigenvalue weighted by molar-refractivity contribution is 5.73. The maximum Gasteiger partial charge on any atom is 0.304 e. The fourth-order valence-electron chi connectivity index (χ4n) is 2.63. The molecular formula is C12H20N2O3. The quantitative estimate of drug-likeness (QED) is 0.663. The lowest BCUT2D eigenvalue weighted by Crippen LogP contribution is -2.57. The van der Waals surface area contributed by atoms with Crippen LogP contribution in [0.15, 0.2) is 0 Å². The van der Waals surface area contributed by atoms with Crippen LogP contribution in [0.5, 0.6) is 0 Å². The van der Waals surface area contributed by atoms with E-state index in [-0.39, 0.29) is 18.1 Å². The molecule has 2 aliphatic rings. The number of nitrogens with zero attached hydrogens (tertiary/aromatic N) is 2. The van der Waals surface area contributed by atoms with Gasteiger partial charge in [-0.15, -0.1) is 0 Å². The maximum absolute atomic E-state index is 11.2. The highest BCUT2D eigenvalue weighted by atomic mass is 16.6. The predicted molar refractivity (Wildman–Crippen MR) is 62.2 cm³/mol. The van der Waals surface area contributed by atoms with Gasteiger partial charge in [-0.3, -0.25) is 14.5 Å². The van der Waals surface area contributed by atoms with Crippen molar-refractivity contribution in [3.63, 3.8) is 0 Å². The van der Waals surface area contributed by atoms with Gasteiger partial charge in [-0.05, 0) is 12.8 Å². The van der Waals surface area contributed by atoms with Gasteiger partial charge in [0.25, 0.3) is 0 Å². The summed E-state index contributed by atoms with van der Waals surface area (Å²) in [7, 11) is 0. The molecule has 0 spiro atoms. The molecule has 96 valence electrons. The Hall–Kier alpha value is -1.10. The zero-order valence-electron chi connectivity index (χ0n) is 10.5. The van der Waals surface area contributed by atoms with Crippen LogP contribution in [0, 0.1) is 0 Å². The van der Waals surface area contributed by atoms with E-state index < -0.39 is 0 Å². The number of amides is 1. The molecule has 17 heavy (non-hydrogen) atoms. The minimum atomic E-state index is -0.208. The third-order valence-electron chi connectivity index (χ3n) is 3.68. The second-order valence-electron chi connectivity index (χ2n) is 4.83. The first-order valence-electron chi connectivity index (χ1n) is 6.26. The maximum atomic E-state index is 11.2. The van der Waals surface area contributed by atoms with E-state index in [0.29, 0.717) is 6.04 Å². The summed E-state index contributed by atoms with van der Waals surface area (Å²) in [5.41, 5.74) is 0. The Bertz CT molecular complexity index is 311. The van der Waals surface area contributed by atoms with Crippen molar-refractivity contribution in [1.29, 1.82) is 0 Å². The van der Waals surface area contributed by atoms with Crippen molar-refractivity contribution in [3.8, 4) is 0 Å². The summed E-state index contributed by atoms with van der Waals surface area (Å²) < 4.78 is 5.23. The second kappa shape index (κ2) is 5.04. The number of carbonyl (C=O) groups excluding carboxylic acids is 2. The molecule has 0 bridgehead atoms. The largest absolute Gasteiger partial charge is 0.446 e. The van der Waals surface area contributed by atoms with Gasteiger partial charge in [0.2, 0.25) is 5.91 Å². The van der Waals surface area contributed by atoms with Gasteiger partial charge in [-0.25, -0.2) is 0 Å². The van der Waals surface area contributed by atoms with E-state index in [4.69, 9.17) is 4.74 Å². The number of hydrogen-bond donors (Lipinski definition) is 0. The summed E-state index contributed by atoms with van der Waals surface area (Å²) in [6, 6.07) is 0.462. The Morgan fingerprint density at radius 1 is 1.06 bits per heavy atom. The zero-order valence-corrected chi connectivity index (χ0v) is 10.5. The van der Waals surface area contributed by atoms with E-state index in [1.807, 2.05) is 4.90 Å². The van der Waals surface area contributed by atoms with E-state index in [0.717, 1.165) is 38.9 Å². The number of rotatable bonds is 2. The van der Waals surface area contributed by atoms with Crippen molar-refractivity contribution in [2.45, 2.75) is 45.4 Å². The Morgan fingerprint density at radius 2 is 1.71 bits per heavy atom. The fraction of sp³-hybridized carbons (Fsp3) is 0.833. The first-order chi connectivity index (χ1) is 8.08. The van der Waals surface area contributed by atoms with Crippen LogP contribution in [0.3, 0.4) is 0 Å². The average molecular weight is 240 g/mol. The van der Waals surface area contributed by atoms with Gasteiger partial charge in [0.1, 0.15) is 0 Å². The Balaban J connectivity index is 1.81. The zero-order chi connectivity index (χ0) is 12.4. The molecule has 5 nitrogen and oxygen atoms in total. The molecule has 0 saturated carbocycles. The number of hydrogen-bond acceptors (Lipinski definition) is 4. The lowest BCUT2D eigenvalue weighted by molar-refractivity contribution is -0.177. The minimum Gasteiger partial charge on any atom is -0.446 e. The number of piperidine rings is 1. The first kappa shape index (κ1) is 12.4. The third-order valence-corrected chi connectivity index (χ3v) is 3.68. The number of carbonyl (C=O) groups is 2. The van der Waals surface area contributed by atoms with Crippen molar-refractivity contribution in [2.24, 2.45) is 0 Å². The molecule has 2 rings (SSSR count). The molecule has 0 aromatic carbocycles. The molecule has 0 aliphatic carbocycles. The van der Waals surface area contributed by atoms with Gasteiger partial charge in [-0.1, -0.05) is 0 Å². The third kappa shape index (κ3) is 2.77. The molecule has 0 aromatic heterocycles. The minimum absolute atomic E-state index is 0.0265. The molecule has 5 heteroatoms. The second-order valence-corrected chi connectivity index (χ2v) is 4.83. The van der Waals surface area contributed by atoms with Crippen LogP contribution in [-0.2, 0) is 14.3 Å². The molecular weight excluding hydrogens is 220 g/mol. The molecule has 1 atom stereocenters. The molecule has 2 fully saturated rings. The summed E-state index contributed by atoms with van der Waals surface area (Å²) in [6.45, 7) is 5.72. The van der Waals surface area contributed by atoms with Crippen molar-refractivity contribution < 1.29 is 14.3 Å². The van der Waals surface area contributed by atoms with Gasteiger partial charge in [-0.2, -0.15) is 0 Å². The predicted octanol–water partition coefficient (Wildman–Crippen LogP) is 0.592. The summed E-state index contributed by atoms with van der Waals surface area (Å²) >= 11 is 0. The van der Waals surface area contributed by atoms with Gasteiger partial charge in [0.15, 0.2) is 6.23 Å². The monoisotopic (exact) mass is 240 g/mol. The van der Waals surface area contributed by atoms with Crippen molar-refractivity contribution >= 4 is 11.9 Å². The van der Waals surface area contributed by atoms with Crippen LogP contribution in [0.2, 0.25) is 0 Å². The molecule has 2 heterocycles. The molecule has 0 radical (unpaired) electrons. The summed E-state index contributed by atoms with van der Waals surface area (Å²) in [5.74, 6) is -0.0514. The Morgan fingerprint density at radius 3 is 2.12 bits per heavy atom. The average Bonchev–Trinajstić information content (AvgIpc) is 2.25. The highest BCUT2D eigenvalue weighted by Gasteiger charge is 2.37. The standard InChI is InChI=1S/C12H20N2O3/c1-9(15)13-6-3-11(4-7-13)14-8-5-12(14)17-10(2)16/h11-12H,3-8H2,1-2H3.